The summed E-state index contributed by atoms with van der Waals surface area (Å²) in [7, 11) is 1.60. The van der Waals surface area contributed by atoms with Crippen LogP contribution in [0.4, 0.5) is 5.69 Å². The number of hydrogen-bond acceptors (Lipinski definition) is 4. The first-order valence-corrected chi connectivity index (χ1v) is 8.70. The first-order chi connectivity index (χ1) is 12.0. The number of benzene rings is 1. The molecule has 2 aromatic rings. The number of pyridine rings is 1. The molecule has 0 unspecified atom stereocenters. The van der Waals surface area contributed by atoms with E-state index in [1.807, 2.05) is 18.2 Å². The maximum absolute atomic E-state index is 11.8. The van der Waals surface area contributed by atoms with Crippen LogP contribution in [0.2, 0.25) is 0 Å². The molecule has 5 nitrogen and oxygen atoms in total. The van der Waals surface area contributed by atoms with Crippen molar-refractivity contribution in [2.75, 3.05) is 25.0 Å². The van der Waals surface area contributed by atoms with Crippen LogP contribution < -0.4 is 10.2 Å². The van der Waals surface area contributed by atoms with Crippen molar-refractivity contribution in [3.63, 3.8) is 0 Å². The molecule has 5 heteroatoms. The van der Waals surface area contributed by atoms with E-state index in [-0.39, 0.29) is 5.91 Å². The van der Waals surface area contributed by atoms with Crippen LogP contribution in [0.15, 0.2) is 42.6 Å². The maximum Gasteiger partial charge on any atom is 0.269 e. The normalized spacial score (nSPS) is 16.5. The van der Waals surface area contributed by atoms with Gasteiger partial charge in [-0.05, 0) is 37.5 Å². The first-order valence-electron chi connectivity index (χ1n) is 8.70. The second kappa shape index (κ2) is 7.23. The highest BCUT2D eigenvalue weighted by atomic mass is 16.3. The summed E-state index contributed by atoms with van der Waals surface area (Å²) in [6, 6.07) is 12.1. The predicted octanol–water partition coefficient (Wildman–Crippen LogP) is 2.32. The van der Waals surface area contributed by atoms with Gasteiger partial charge in [-0.1, -0.05) is 29.8 Å². The molecule has 1 aliphatic heterocycles. The number of piperidine rings is 1. The molecule has 0 aliphatic carbocycles. The number of carbonyl (C=O) groups excluding carboxylic acids is 1. The Bertz CT molecular complexity index is 752. The van der Waals surface area contributed by atoms with Crippen molar-refractivity contribution >= 4 is 11.6 Å². The fraction of sp³-hybridized carbons (Fsp3) is 0.400. The van der Waals surface area contributed by atoms with Crippen molar-refractivity contribution in [1.82, 2.24) is 10.3 Å². The molecule has 1 amide bonds. The number of amides is 1. The Labute approximate surface area is 148 Å². The summed E-state index contributed by atoms with van der Waals surface area (Å²) in [5.74, 6) is -0.185. The molecule has 132 valence electrons. The number of anilines is 1. The molecule has 25 heavy (non-hydrogen) atoms. The zero-order valence-electron chi connectivity index (χ0n) is 14.8. The SMILES string of the molecule is CNC(=O)c1cc(N2CCC(O)(Cc3cccc(C)c3)CC2)ccn1. The summed E-state index contributed by atoms with van der Waals surface area (Å²) in [6.07, 6.45) is 3.76. The Morgan fingerprint density at radius 2 is 2.04 bits per heavy atom. The molecule has 0 radical (unpaired) electrons. The van der Waals surface area contributed by atoms with Crippen molar-refractivity contribution in [2.24, 2.45) is 0 Å². The average Bonchev–Trinajstić information content (AvgIpc) is 2.61. The largest absolute Gasteiger partial charge is 0.389 e. The van der Waals surface area contributed by atoms with E-state index < -0.39 is 5.60 Å². The lowest BCUT2D eigenvalue weighted by atomic mass is 9.85. The molecule has 0 spiro atoms. The van der Waals surface area contributed by atoms with Gasteiger partial charge in [-0.15, -0.1) is 0 Å². The summed E-state index contributed by atoms with van der Waals surface area (Å²) in [6.45, 7) is 3.60. The molecule has 1 aromatic heterocycles. The zero-order chi connectivity index (χ0) is 17.9. The van der Waals surface area contributed by atoms with E-state index in [9.17, 15) is 9.90 Å². The van der Waals surface area contributed by atoms with Gasteiger partial charge in [0.05, 0.1) is 5.60 Å². The molecule has 0 atom stereocenters. The van der Waals surface area contributed by atoms with E-state index in [4.69, 9.17) is 0 Å². The van der Waals surface area contributed by atoms with Gasteiger partial charge in [0.1, 0.15) is 5.69 Å². The van der Waals surface area contributed by atoms with Crippen LogP contribution in [-0.4, -0.2) is 41.7 Å². The van der Waals surface area contributed by atoms with Gasteiger partial charge >= 0.3 is 0 Å². The summed E-state index contributed by atoms with van der Waals surface area (Å²) in [5, 5.41) is 13.6. The standard InChI is InChI=1S/C20H25N3O2/c1-15-4-3-5-16(12-15)14-20(25)7-10-23(11-8-20)17-6-9-22-18(13-17)19(24)21-2/h3-6,9,12-13,25H,7-8,10-11,14H2,1-2H3,(H,21,24). The summed E-state index contributed by atoms with van der Waals surface area (Å²) < 4.78 is 0. The molecular weight excluding hydrogens is 314 g/mol. The summed E-state index contributed by atoms with van der Waals surface area (Å²) in [4.78, 5) is 18.1. The van der Waals surface area contributed by atoms with E-state index in [0.29, 0.717) is 25.0 Å². The molecule has 1 aliphatic rings. The van der Waals surface area contributed by atoms with Crippen LogP contribution in [0.5, 0.6) is 0 Å². The lowest BCUT2D eigenvalue weighted by Crippen LogP contribution is -2.45. The van der Waals surface area contributed by atoms with Crippen LogP contribution in [0, 0.1) is 6.92 Å². The van der Waals surface area contributed by atoms with Gasteiger partial charge in [-0.3, -0.25) is 9.78 Å². The highest BCUT2D eigenvalue weighted by molar-refractivity contribution is 5.92. The van der Waals surface area contributed by atoms with Crippen LogP contribution in [0.25, 0.3) is 0 Å². The van der Waals surface area contributed by atoms with Crippen molar-refractivity contribution in [3.8, 4) is 0 Å². The van der Waals surface area contributed by atoms with Gasteiger partial charge in [0, 0.05) is 38.4 Å². The van der Waals surface area contributed by atoms with Crippen molar-refractivity contribution in [3.05, 3.63) is 59.4 Å². The lowest BCUT2D eigenvalue weighted by molar-refractivity contribution is 0.0165. The first kappa shape index (κ1) is 17.4. The smallest absolute Gasteiger partial charge is 0.269 e. The average molecular weight is 339 g/mol. The predicted molar refractivity (Wildman–Crippen MR) is 98.9 cm³/mol. The molecule has 2 heterocycles. The topological polar surface area (TPSA) is 65.5 Å². The van der Waals surface area contributed by atoms with Crippen LogP contribution >= 0.6 is 0 Å². The fourth-order valence-corrected chi connectivity index (χ4v) is 3.43. The highest BCUT2D eigenvalue weighted by Gasteiger charge is 2.32. The van der Waals surface area contributed by atoms with Gasteiger partial charge in [-0.25, -0.2) is 0 Å². The van der Waals surface area contributed by atoms with E-state index in [0.717, 1.165) is 18.8 Å². The fourth-order valence-electron chi connectivity index (χ4n) is 3.43. The number of aromatic nitrogens is 1. The van der Waals surface area contributed by atoms with Gasteiger partial charge < -0.3 is 15.3 Å². The number of nitrogens with zero attached hydrogens (tertiary/aromatic N) is 2. The monoisotopic (exact) mass is 339 g/mol. The van der Waals surface area contributed by atoms with Crippen LogP contribution in [0.1, 0.15) is 34.5 Å². The van der Waals surface area contributed by atoms with Gasteiger partial charge in [0.15, 0.2) is 0 Å². The molecule has 0 bridgehead atoms. The maximum atomic E-state index is 11.8. The molecule has 0 saturated carbocycles. The molecule has 1 aromatic carbocycles. The Morgan fingerprint density at radius 3 is 2.72 bits per heavy atom. The minimum atomic E-state index is -0.666. The molecule has 3 rings (SSSR count). The third-order valence-electron chi connectivity index (χ3n) is 4.88. The number of aryl methyl sites for hydroxylation is 1. The molecule has 2 N–H and O–H groups in total. The Balaban J connectivity index is 1.66. The van der Waals surface area contributed by atoms with Crippen molar-refractivity contribution in [2.45, 2.75) is 31.8 Å². The van der Waals surface area contributed by atoms with E-state index in [1.165, 1.54) is 11.1 Å². The second-order valence-corrected chi connectivity index (χ2v) is 6.86. The minimum absolute atomic E-state index is 0.185. The number of rotatable bonds is 4. The number of nitrogens with one attached hydrogen (secondary N) is 1. The van der Waals surface area contributed by atoms with E-state index >= 15 is 0 Å². The minimum Gasteiger partial charge on any atom is -0.389 e. The van der Waals surface area contributed by atoms with Gasteiger partial charge in [-0.2, -0.15) is 0 Å². The van der Waals surface area contributed by atoms with Gasteiger partial charge in [0.25, 0.3) is 5.91 Å². The zero-order valence-corrected chi connectivity index (χ0v) is 14.8. The highest BCUT2D eigenvalue weighted by Crippen LogP contribution is 2.29. The van der Waals surface area contributed by atoms with Gasteiger partial charge in [0.2, 0.25) is 0 Å². The Kier molecular flexibility index (Phi) is 5.04. The third-order valence-corrected chi connectivity index (χ3v) is 4.88. The summed E-state index contributed by atoms with van der Waals surface area (Å²) >= 11 is 0. The van der Waals surface area contributed by atoms with E-state index in [2.05, 4.69) is 40.3 Å². The van der Waals surface area contributed by atoms with Crippen molar-refractivity contribution < 1.29 is 9.90 Å². The molecular formula is C20H25N3O2. The number of carbonyl (C=O) groups is 1. The van der Waals surface area contributed by atoms with Crippen LogP contribution in [-0.2, 0) is 6.42 Å². The summed E-state index contributed by atoms with van der Waals surface area (Å²) in [5.41, 5.74) is 3.13. The molecule has 1 fully saturated rings. The van der Waals surface area contributed by atoms with E-state index in [1.54, 1.807) is 13.2 Å². The lowest BCUT2D eigenvalue weighted by Gasteiger charge is -2.39. The number of aliphatic hydroxyl groups is 1. The number of hydrogen-bond donors (Lipinski definition) is 2. The Hall–Kier alpha value is -2.40. The Morgan fingerprint density at radius 1 is 1.28 bits per heavy atom. The van der Waals surface area contributed by atoms with Crippen LogP contribution in [0.3, 0.4) is 0 Å². The second-order valence-electron chi connectivity index (χ2n) is 6.86. The third kappa shape index (κ3) is 4.17. The quantitative estimate of drug-likeness (QED) is 0.897. The molecule has 1 saturated heterocycles. The van der Waals surface area contributed by atoms with Crippen molar-refractivity contribution in [1.29, 1.82) is 0 Å².